The van der Waals surface area contributed by atoms with Gasteiger partial charge in [0.1, 0.15) is 11.5 Å². The molecular formula is C19H21ClN2O3. The molecule has 25 heavy (non-hydrogen) atoms. The molecule has 0 radical (unpaired) electrons. The smallest absolute Gasteiger partial charge is 0.271 e. The zero-order valence-electron chi connectivity index (χ0n) is 14.3. The van der Waals surface area contributed by atoms with Gasteiger partial charge >= 0.3 is 0 Å². The summed E-state index contributed by atoms with van der Waals surface area (Å²) in [4.78, 5) is 12.1. The number of carbonyl (C=O) groups is 1. The summed E-state index contributed by atoms with van der Waals surface area (Å²) in [6.45, 7) is 5.11. The molecule has 0 aliphatic rings. The fourth-order valence-corrected chi connectivity index (χ4v) is 2.24. The third-order valence-electron chi connectivity index (χ3n) is 3.23. The Morgan fingerprint density at radius 3 is 2.60 bits per heavy atom. The average Bonchev–Trinajstić information content (AvgIpc) is 2.62. The van der Waals surface area contributed by atoms with Crippen LogP contribution in [0.15, 0.2) is 47.6 Å². The molecule has 6 heteroatoms. The fourth-order valence-electron chi connectivity index (χ4n) is 2.05. The number of nitrogens with zero attached hydrogens (tertiary/aromatic N) is 1. The number of hydrogen-bond donors (Lipinski definition) is 1. The maximum Gasteiger partial charge on any atom is 0.271 e. The van der Waals surface area contributed by atoms with Gasteiger partial charge in [-0.05, 0) is 55.8 Å². The average molecular weight is 361 g/mol. The summed E-state index contributed by atoms with van der Waals surface area (Å²) in [6.07, 6.45) is 2.44. The molecule has 0 fully saturated rings. The quantitative estimate of drug-likeness (QED) is 0.564. The second kappa shape index (κ2) is 9.69. The molecule has 0 aliphatic heterocycles. The standard InChI is InChI=1S/C19H21ClN2O3/c1-3-11-25-17-8-5-14(6-9-17)19(23)22-21-13-15-12-16(20)7-10-18(15)24-4-2/h5-10,12-13H,3-4,11H2,1-2H3,(H,22,23)/b21-13+. The van der Waals surface area contributed by atoms with Crippen molar-refractivity contribution in [3.8, 4) is 11.5 Å². The molecule has 1 N–H and O–H groups in total. The minimum Gasteiger partial charge on any atom is -0.494 e. The molecule has 0 spiro atoms. The number of amides is 1. The van der Waals surface area contributed by atoms with Gasteiger partial charge in [-0.25, -0.2) is 5.43 Å². The molecule has 2 aromatic rings. The lowest BCUT2D eigenvalue weighted by Gasteiger charge is -2.07. The van der Waals surface area contributed by atoms with E-state index in [-0.39, 0.29) is 5.91 Å². The van der Waals surface area contributed by atoms with Gasteiger partial charge in [0.2, 0.25) is 0 Å². The second-order valence-corrected chi connectivity index (χ2v) is 5.62. The van der Waals surface area contributed by atoms with Gasteiger partial charge in [-0.2, -0.15) is 5.10 Å². The van der Waals surface area contributed by atoms with Crippen LogP contribution in [-0.4, -0.2) is 25.3 Å². The van der Waals surface area contributed by atoms with Crippen molar-refractivity contribution in [3.63, 3.8) is 0 Å². The Kier molecular flexibility index (Phi) is 7.29. The van der Waals surface area contributed by atoms with Crippen LogP contribution in [0.2, 0.25) is 5.02 Å². The van der Waals surface area contributed by atoms with E-state index < -0.39 is 0 Å². The van der Waals surface area contributed by atoms with Crippen LogP contribution in [0.5, 0.6) is 11.5 Å². The summed E-state index contributed by atoms with van der Waals surface area (Å²) in [5.41, 5.74) is 3.68. The van der Waals surface area contributed by atoms with Crippen LogP contribution in [0.25, 0.3) is 0 Å². The van der Waals surface area contributed by atoms with Crippen molar-refractivity contribution in [2.45, 2.75) is 20.3 Å². The Labute approximate surface area is 152 Å². The minimum atomic E-state index is -0.307. The predicted molar refractivity (Wildman–Crippen MR) is 99.9 cm³/mol. The van der Waals surface area contributed by atoms with Crippen molar-refractivity contribution < 1.29 is 14.3 Å². The van der Waals surface area contributed by atoms with Gasteiger partial charge in [0.15, 0.2) is 0 Å². The van der Waals surface area contributed by atoms with Crippen LogP contribution < -0.4 is 14.9 Å². The SMILES string of the molecule is CCCOc1ccc(C(=O)N/N=C/c2cc(Cl)ccc2OCC)cc1. The number of nitrogens with one attached hydrogen (secondary N) is 1. The van der Waals surface area contributed by atoms with Crippen molar-refractivity contribution in [2.75, 3.05) is 13.2 Å². The molecule has 2 aromatic carbocycles. The maximum absolute atomic E-state index is 12.1. The van der Waals surface area contributed by atoms with Crippen LogP contribution in [0.4, 0.5) is 0 Å². The van der Waals surface area contributed by atoms with Crippen LogP contribution in [0, 0.1) is 0 Å². The summed E-state index contributed by atoms with van der Waals surface area (Å²) in [5, 5.41) is 4.55. The molecule has 132 valence electrons. The first-order valence-corrected chi connectivity index (χ1v) is 8.50. The number of hydrazone groups is 1. The van der Waals surface area contributed by atoms with Crippen molar-refractivity contribution in [2.24, 2.45) is 5.10 Å². The normalized spacial score (nSPS) is 10.7. The highest BCUT2D eigenvalue weighted by Crippen LogP contribution is 2.21. The van der Waals surface area contributed by atoms with Crippen molar-refractivity contribution >= 4 is 23.7 Å². The first kappa shape index (κ1) is 18.8. The summed E-state index contributed by atoms with van der Waals surface area (Å²) in [7, 11) is 0. The molecule has 0 aliphatic carbocycles. The first-order valence-electron chi connectivity index (χ1n) is 8.12. The molecule has 2 rings (SSSR count). The Hall–Kier alpha value is -2.53. The molecular weight excluding hydrogens is 340 g/mol. The molecule has 1 amide bonds. The molecule has 0 heterocycles. The van der Waals surface area contributed by atoms with E-state index >= 15 is 0 Å². The highest BCUT2D eigenvalue weighted by molar-refractivity contribution is 6.30. The van der Waals surface area contributed by atoms with Crippen LogP contribution >= 0.6 is 11.6 Å². The molecule has 0 unspecified atom stereocenters. The van der Waals surface area contributed by atoms with Crippen molar-refractivity contribution in [1.82, 2.24) is 5.43 Å². The van der Waals surface area contributed by atoms with E-state index in [0.717, 1.165) is 12.2 Å². The fraction of sp³-hybridized carbons (Fsp3) is 0.263. The van der Waals surface area contributed by atoms with E-state index in [9.17, 15) is 4.79 Å². The van der Waals surface area contributed by atoms with E-state index in [1.807, 2.05) is 13.8 Å². The molecule has 0 saturated carbocycles. The van der Waals surface area contributed by atoms with Gasteiger partial charge in [-0.3, -0.25) is 4.79 Å². The topological polar surface area (TPSA) is 59.9 Å². The predicted octanol–water partition coefficient (Wildman–Crippen LogP) is 4.29. The van der Waals surface area contributed by atoms with Gasteiger partial charge in [0, 0.05) is 16.1 Å². The maximum atomic E-state index is 12.1. The summed E-state index contributed by atoms with van der Waals surface area (Å²) < 4.78 is 11.0. The molecule has 0 atom stereocenters. The minimum absolute atomic E-state index is 0.307. The van der Waals surface area contributed by atoms with Gasteiger partial charge < -0.3 is 9.47 Å². The zero-order valence-corrected chi connectivity index (χ0v) is 15.0. The first-order chi connectivity index (χ1) is 12.1. The highest BCUT2D eigenvalue weighted by atomic mass is 35.5. The van der Waals surface area contributed by atoms with E-state index in [1.165, 1.54) is 6.21 Å². The van der Waals surface area contributed by atoms with E-state index in [2.05, 4.69) is 10.5 Å². The molecule has 5 nitrogen and oxygen atoms in total. The summed E-state index contributed by atoms with van der Waals surface area (Å²) in [6, 6.07) is 12.1. The van der Waals surface area contributed by atoms with E-state index in [1.54, 1.807) is 42.5 Å². The van der Waals surface area contributed by atoms with Gasteiger partial charge in [-0.1, -0.05) is 18.5 Å². The highest BCUT2D eigenvalue weighted by Gasteiger charge is 2.05. The summed E-state index contributed by atoms with van der Waals surface area (Å²) >= 11 is 5.99. The largest absolute Gasteiger partial charge is 0.494 e. The zero-order chi connectivity index (χ0) is 18.1. The van der Waals surface area contributed by atoms with Crippen molar-refractivity contribution in [1.29, 1.82) is 0 Å². The Bertz CT molecular complexity index is 730. The number of halogens is 1. The number of benzene rings is 2. The molecule has 0 saturated heterocycles. The number of ether oxygens (including phenoxy) is 2. The van der Waals surface area contributed by atoms with E-state index in [4.69, 9.17) is 21.1 Å². The van der Waals surface area contributed by atoms with Crippen LogP contribution in [0.1, 0.15) is 36.2 Å². The van der Waals surface area contributed by atoms with Gasteiger partial charge in [0.05, 0.1) is 19.4 Å². The monoisotopic (exact) mass is 360 g/mol. The Balaban J connectivity index is 1.99. The number of hydrogen-bond acceptors (Lipinski definition) is 4. The van der Waals surface area contributed by atoms with Crippen molar-refractivity contribution in [3.05, 3.63) is 58.6 Å². The lowest BCUT2D eigenvalue weighted by Crippen LogP contribution is -2.17. The number of carbonyl (C=O) groups excluding carboxylic acids is 1. The third kappa shape index (κ3) is 5.80. The Morgan fingerprint density at radius 1 is 1.16 bits per heavy atom. The molecule has 0 aromatic heterocycles. The lowest BCUT2D eigenvalue weighted by molar-refractivity contribution is 0.0955. The summed E-state index contributed by atoms with van der Waals surface area (Å²) in [5.74, 6) is 1.09. The number of rotatable bonds is 8. The second-order valence-electron chi connectivity index (χ2n) is 5.19. The lowest BCUT2D eigenvalue weighted by atomic mass is 10.2. The molecule has 0 bridgehead atoms. The van der Waals surface area contributed by atoms with Gasteiger partial charge in [0.25, 0.3) is 5.91 Å². The van der Waals surface area contributed by atoms with E-state index in [0.29, 0.717) is 35.1 Å². The van der Waals surface area contributed by atoms with Gasteiger partial charge in [-0.15, -0.1) is 0 Å². The van der Waals surface area contributed by atoms with Crippen LogP contribution in [-0.2, 0) is 0 Å². The van der Waals surface area contributed by atoms with Crippen LogP contribution in [0.3, 0.4) is 0 Å². The Morgan fingerprint density at radius 2 is 1.92 bits per heavy atom. The third-order valence-corrected chi connectivity index (χ3v) is 3.47.